The smallest absolute Gasteiger partial charge is 0.212 e. The van der Waals surface area contributed by atoms with Gasteiger partial charge in [0, 0.05) is 49.2 Å². The normalized spacial score (nSPS) is 10.9. The highest BCUT2D eigenvalue weighted by Crippen LogP contribution is 2.20. The van der Waals surface area contributed by atoms with Crippen molar-refractivity contribution in [1.29, 1.82) is 0 Å². The van der Waals surface area contributed by atoms with E-state index in [1.165, 1.54) is 12.4 Å². The Morgan fingerprint density at radius 2 is 2.00 bits per heavy atom. The molecule has 136 valence electrons. The van der Waals surface area contributed by atoms with E-state index in [0.29, 0.717) is 18.8 Å². The number of rotatable bonds is 6. The van der Waals surface area contributed by atoms with Crippen LogP contribution < -0.4 is 10.1 Å². The molecule has 8 heteroatoms. The van der Waals surface area contributed by atoms with Crippen LogP contribution in [0, 0.1) is 5.82 Å². The van der Waals surface area contributed by atoms with Crippen LogP contribution in [0.5, 0.6) is 5.88 Å². The molecule has 0 aliphatic rings. The highest BCUT2D eigenvalue weighted by Gasteiger charge is 2.09. The number of fused-ring (bicyclic) bond motifs is 1. The van der Waals surface area contributed by atoms with Crippen molar-refractivity contribution >= 4 is 16.9 Å². The van der Waals surface area contributed by atoms with E-state index in [-0.39, 0.29) is 5.82 Å². The summed E-state index contributed by atoms with van der Waals surface area (Å²) in [7, 11) is 1.56. The summed E-state index contributed by atoms with van der Waals surface area (Å²) in [6.07, 6.45) is 8.98. The van der Waals surface area contributed by atoms with E-state index in [2.05, 4.69) is 30.2 Å². The molecule has 2 N–H and O–H groups in total. The summed E-state index contributed by atoms with van der Waals surface area (Å²) in [5, 5.41) is 3.91. The number of hydrogen-bond donors (Lipinski definition) is 2. The first kappa shape index (κ1) is 16.9. The number of pyridine rings is 2. The van der Waals surface area contributed by atoms with E-state index in [1.54, 1.807) is 31.8 Å². The first-order valence-electron chi connectivity index (χ1n) is 8.36. The SMILES string of the molecule is COc1ccc(CNc2ncc(Cc3c[nH]c4ncncc34)cc2F)cn1. The molecule has 7 nitrogen and oxygen atoms in total. The highest BCUT2D eigenvalue weighted by molar-refractivity contribution is 5.78. The molecule has 0 spiro atoms. The number of nitrogens with zero attached hydrogens (tertiary/aromatic N) is 4. The van der Waals surface area contributed by atoms with E-state index < -0.39 is 5.82 Å². The van der Waals surface area contributed by atoms with E-state index in [0.717, 1.165) is 27.7 Å². The van der Waals surface area contributed by atoms with Crippen LogP contribution in [0.3, 0.4) is 0 Å². The molecule has 0 saturated carbocycles. The summed E-state index contributed by atoms with van der Waals surface area (Å²) in [6.45, 7) is 0.417. The van der Waals surface area contributed by atoms with Crippen molar-refractivity contribution in [2.75, 3.05) is 12.4 Å². The lowest BCUT2D eigenvalue weighted by Gasteiger charge is -2.08. The highest BCUT2D eigenvalue weighted by atomic mass is 19.1. The van der Waals surface area contributed by atoms with Gasteiger partial charge >= 0.3 is 0 Å². The van der Waals surface area contributed by atoms with Crippen LogP contribution in [0.4, 0.5) is 10.2 Å². The fourth-order valence-corrected chi connectivity index (χ4v) is 2.81. The Bertz CT molecular complexity index is 1060. The second-order valence-corrected chi connectivity index (χ2v) is 6.01. The van der Waals surface area contributed by atoms with Crippen molar-refractivity contribution in [3.63, 3.8) is 0 Å². The van der Waals surface area contributed by atoms with Crippen molar-refractivity contribution in [3.8, 4) is 5.88 Å². The monoisotopic (exact) mass is 364 g/mol. The maximum absolute atomic E-state index is 14.4. The maximum atomic E-state index is 14.4. The molecule has 27 heavy (non-hydrogen) atoms. The molecular formula is C19H17FN6O. The Kier molecular flexibility index (Phi) is 4.61. The van der Waals surface area contributed by atoms with Gasteiger partial charge in [0.15, 0.2) is 11.6 Å². The summed E-state index contributed by atoms with van der Waals surface area (Å²) in [5.74, 6) is 0.344. The number of nitrogens with one attached hydrogen (secondary N) is 2. The van der Waals surface area contributed by atoms with Crippen molar-refractivity contribution in [2.24, 2.45) is 0 Å². The lowest BCUT2D eigenvalue weighted by Crippen LogP contribution is -2.05. The molecule has 0 aromatic carbocycles. The van der Waals surface area contributed by atoms with Gasteiger partial charge in [0.1, 0.15) is 12.0 Å². The van der Waals surface area contributed by atoms with E-state index >= 15 is 0 Å². The number of methoxy groups -OCH3 is 1. The van der Waals surface area contributed by atoms with E-state index in [1.807, 2.05) is 12.3 Å². The Hall–Kier alpha value is -3.55. The summed E-state index contributed by atoms with van der Waals surface area (Å²) in [4.78, 5) is 19.6. The molecule has 0 saturated heterocycles. The zero-order valence-corrected chi connectivity index (χ0v) is 14.6. The van der Waals surface area contributed by atoms with Crippen LogP contribution in [0.25, 0.3) is 11.0 Å². The van der Waals surface area contributed by atoms with Crippen LogP contribution in [0.15, 0.2) is 49.3 Å². The van der Waals surface area contributed by atoms with Crippen LogP contribution in [0.2, 0.25) is 0 Å². The number of hydrogen-bond acceptors (Lipinski definition) is 6. The Morgan fingerprint density at radius 3 is 2.78 bits per heavy atom. The molecule has 4 aromatic rings. The number of halogens is 1. The first-order chi connectivity index (χ1) is 13.2. The molecule has 0 aliphatic carbocycles. The van der Waals surface area contributed by atoms with Gasteiger partial charge in [-0.3, -0.25) is 0 Å². The molecule has 0 bridgehead atoms. The van der Waals surface area contributed by atoms with E-state index in [4.69, 9.17) is 4.74 Å². The van der Waals surface area contributed by atoms with Gasteiger partial charge in [-0.1, -0.05) is 6.07 Å². The molecule has 0 fully saturated rings. The van der Waals surface area contributed by atoms with Gasteiger partial charge in [0.25, 0.3) is 0 Å². The van der Waals surface area contributed by atoms with Crippen molar-refractivity contribution in [2.45, 2.75) is 13.0 Å². The molecule has 0 radical (unpaired) electrons. The fourth-order valence-electron chi connectivity index (χ4n) is 2.81. The third kappa shape index (κ3) is 3.69. The zero-order chi connectivity index (χ0) is 18.6. The molecule has 0 amide bonds. The van der Waals surface area contributed by atoms with Gasteiger partial charge in [-0.15, -0.1) is 0 Å². The summed E-state index contributed by atoms with van der Waals surface area (Å²) >= 11 is 0. The number of anilines is 1. The fraction of sp³-hybridized carbons (Fsp3) is 0.158. The van der Waals surface area contributed by atoms with Crippen LogP contribution >= 0.6 is 0 Å². The summed E-state index contributed by atoms with van der Waals surface area (Å²) in [6, 6.07) is 5.11. The molecule has 0 unspecified atom stereocenters. The van der Waals surface area contributed by atoms with Gasteiger partial charge in [0.2, 0.25) is 5.88 Å². The molecule has 0 aliphatic heterocycles. The molecular weight excluding hydrogens is 347 g/mol. The largest absolute Gasteiger partial charge is 0.481 e. The number of H-pyrrole nitrogens is 1. The second-order valence-electron chi connectivity index (χ2n) is 6.01. The number of ether oxygens (including phenoxy) is 1. The quantitative estimate of drug-likeness (QED) is 0.547. The van der Waals surface area contributed by atoms with Gasteiger partial charge in [-0.05, 0) is 22.8 Å². The minimum Gasteiger partial charge on any atom is -0.481 e. The lowest BCUT2D eigenvalue weighted by molar-refractivity contribution is 0.397. The minimum atomic E-state index is -0.398. The molecule has 4 heterocycles. The zero-order valence-electron chi connectivity index (χ0n) is 14.6. The summed E-state index contributed by atoms with van der Waals surface area (Å²) in [5.41, 5.74) is 3.44. The van der Waals surface area contributed by atoms with Gasteiger partial charge < -0.3 is 15.0 Å². The number of aromatic amines is 1. The van der Waals surface area contributed by atoms with E-state index in [9.17, 15) is 4.39 Å². The Morgan fingerprint density at radius 1 is 1.11 bits per heavy atom. The van der Waals surface area contributed by atoms with Crippen LogP contribution in [0.1, 0.15) is 16.7 Å². The molecule has 0 atom stereocenters. The lowest BCUT2D eigenvalue weighted by atomic mass is 10.1. The third-order valence-corrected chi connectivity index (χ3v) is 4.20. The van der Waals surface area contributed by atoms with Crippen molar-refractivity contribution in [1.82, 2.24) is 24.9 Å². The minimum absolute atomic E-state index is 0.205. The Balaban J connectivity index is 1.45. The third-order valence-electron chi connectivity index (χ3n) is 4.20. The maximum Gasteiger partial charge on any atom is 0.212 e. The topological polar surface area (TPSA) is 88.6 Å². The van der Waals surface area contributed by atoms with Gasteiger partial charge in [-0.25, -0.2) is 24.3 Å². The van der Waals surface area contributed by atoms with Crippen molar-refractivity contribution in [3.05, 3.63) is 71.8 Å². The average molecular weight is 364 g/mol. The average Bonchev–Trinajstić information content (AvgIpc) is 3.11. The van der Waals surface area contributed by atoms with Crippen LogP contribution in [-0.4, -0.2) is 32.0 Å². The number of aromatic nitrogens is 5. The standard InChI is InChI=1S/C19H17FN6O/c1-27-17-3-2-12(6-22-17)7-23-19-16(20)5-13(8-24-19)4-14-9-25-18-15(14)10-21-11-26-18/h2-3,5-6,8-11H,4,7H2,1H3,(H,23,24)(H,21,25,26). The summed E-state index contributed by atoms with van der Waals surface area (Å²) < 4.78 is 19.4. The molecule has 4 aromatic heterocycles. The van der Waals surface area contributed by atoms with Gasteiger partial charge in [0.05, 0.1) is 7.11 Å². The van der Waals surface area contributed by atoms with Crippen molar-refractivity contribution < 1.29 is 9.13 Å². The van der Waals surface area contributed by atoms with Gasteiger partial charge in [-0.2, -0.15) is 0 Å². The Labute approximate surface area is 154 Å². The second kappa shape index (κ2) is 7.36. The predicted octanol–water partition coefficient (Wildman–Crippen LogP) is 3.10. The van der Waals surface area contributed by atoms with Crippen LogP contribution in [-0.2, 0) is 13.0 Å². The first-order valence-corrected chi connectivity index (χ1v) is 8.36. The molecule has 4 rings (SSSR count). The predicted molar refractivity (Wildman–Crippen MR) is 99.0 cm³/mol.